The van der Waals surface area contributed by atoms with Gasteiger partial charge < -0.3 is 20.9 Å². The molecule has 2 aromatic heterocycles. The number of fused-ring (bicyclic) bond motifs is 1. The molecule has 8 heteroatoms. The van der Waals surface area contributed by atoms with Crippen molar-refractivity contribution < 1.29 is 14.4 Å². The molecule has 2 heterocycles. The molecular formula is C24H22N4O3S. The van der Waals surface area contributed by atoms with Crippen LogP contribution in [0, 0.1) is 0 Å². The van der Waals surface area contributed by atoms with E-state index in [1.807, 2.05) is 41.9 Å². The fourth-order valence-corrected chi connectivity index (χ4v) is 3.95. The highest BCUT2D eigenvalue weighted by molar-refractivity contribution is 7.12. The summed E-state index contributed by atoms with van der Waals surface area (Å²) < 4.78 is 0. The van der Waals surface area contributed by atoms with Crippen LogP contribution in [0.2, 0.25) is 0 Å². The van der Waals surface area contributed by atoms with Gasteiger partial charge >= 0.3 is 0 Å². The third-order valence-corrected chi connectivity index (χ3v) is 5.77. The standard InChI is InChI=1S/C24H22N4O3S/c29-22(14-17-15-27-20-5-2-1-4-19(17)20)28-18-9-7-16(8-10-18)23(30)25-11-12-26-24(31)21-6-3-13-32-21/h1-10,13,15,27H,11-12,14H2,(H,25,30)(H,26,31)(H,28,29). The Labute approximate surface area is 188 Å². The Morgan fingerprint density at radius 2 is 1.59 bits per heavy atom. The average molecular weight is 447 g/mol. The maximum atomic E-state index is 12.4. The lowest BCUT2D eigenvalue weighted by atomic mass is 10.1. The molecule has 3 amide bonds. The van der Waals surface area contributed by atoms with Crippen molar-refractivity contribution >= 4 is 45.6 Å². The molecule has 0 bridgehead atoms. The number of para-hydroxylation sites is 1. The number of H-pyrrole nitrogens is 1. The lowest BCUT2D eigenvalue weighted by molar-refractivity contribution is -0.115. The minimum Gasteiger partial charge on any atom is -0.361 e. The number of hydrogen-bond donors (Lipinski definition) is 4. The lowest BCUT2D eigenvalue weighted by Gasteiger charge is -2.08. The van der Waals surface area contributed by atoms with Gasteiger partial charge in [0.05, 0.1) is 11.3 Å². The molecule has 0 aliphatic heterocycles. The van der Waals surface area contributed by atoms with Gasteiger partial charge in [0, 0.05) is 41.4 Å². The van der Waals surface area contributed by atoms with E-state index in [9.17, 15) is 14.4 Å². The van der Waals surface area contributed by atoms with E-state index in [1.54, 1.807) is 30.3 Å². The van der Waals surface area contributed by atoms with Crippen LogP contribution >= 0.6 is 11.3 Å². The topological polar surface area (TPSA) is 103 Å². The fraction of sp³-hybridized carbons (Fsp3) is 0.125. The first-order valence-electron chi connectivity index (χ1n) is 10.1. The van der Waals surface area contributed by atoms with Crippen LogP contribution in [-0.2, 0) is 11.2 Å². The number of thiophene rings is 1. The SMILES string of the molecule is O=C(Cc1c[nH]c2ccccc12)Nc1ccc(C(=O)NCCNC(=O)c2cccs2)cc1. The van der Waals surface area contributed by atoms with Crippen molar-refractivity contribution in [1.82, 2.24) is 15.6 Å². The molecule has 4 N–H and O–H groups in total. The molecule has 162 valence electrons. The molecule has 2 aromatic carbocycles. The van der Waals surface area contributed by atoms with Crippen LogP contribution in [-0.4, -0.2) is 35.8 Å². The van der Waals surface area contributed by atoms with Crippen molar-refractivity contribution in [3.63, 3.8) is 0 Å². The number of aromatic nitrogens is 1. The van der Waals surface area contributed by atoms with Crippen LogP contribution in [0.5, 0.6) is 0 Å². The Bertz CT molecular complexity index is 1230. The third-order valence-electron chi connectivity index (χ3n) is 4.90. The molecule has 0 aliphatic carbocycles. The zero-order chi connectivity index (χ0) is 22.3. The van der Waals surface area contributed by atoms with Gasteiger partial charge in [-0.1, -0.05) is 24.3 Å². The van der Waals surface area contributed by atoms with Crippen LogP contribution in [0.25, 0.3) is 10.9 Å². The summed E-state index contributed by atoms with van der Waals surface area (Å²) in [6.45, 7) is 0.656. The zero-order valence-corrected chi connectivity index (χ0v) is 18.0. The Morgan fingerprint density at radius 3 is 2.34 bits per heavy atom. The molecule has 0 unspecified atom stereocenters. The average Bonchev–Trinajstić information content (AvgIpc) is 3.48. The summed E-state index contributed by atoms with van der Waals surface area (Å²) in [7, 11) is 0. The van der Waals surface area contributed by atoms with Crippen molar-refractivity contribution in [2.45, 2.75) is 6.42 Å². The van der Waals surface area contributed by atoms with Crippen LogP contribution in [0.4, 0.5) is 5.69 Å². The molecule has 4 aromatic rings. The third kappa shape index (κ3) is 5.22. The van der Waals surface area contributed by atoms with E-state index < -0.39 is 0 Å². The predicted octanol–water partition coefficient (Wildman–Crippen LogP) is 3.57. The second-order valence-electron chi connectivity index (χ2n) is 7.15. The van der Waals surface area contributed by atoms with Crippen LogP contribution in [0.1, 0.15) is 25.6 Å². The van der Waals surface area contributed by atoms with E-state index in [0.717, 1.165) is 16.5 Å². The van der Waals surface area contributed by atoms with E-state index >= 15 is 0 Å². The smallest absolute Gasteiger partial charge is 0.261 e. The molecule has 0 aliphatic rings. The highest BCUT2D eigenvalue weighted by atomic mass is 32.1. The van der Waals surface area contributed by atoms with Crippen LogP contribution in [0.15, 0.2) is 72.2 Å². The highest BCUT2D eigenvalue weighted by Crippen LogP contribution is 2.19. The van der Waals surface area contributed by atoms with Gasteiger partial charge in [0.25, 0.3) is 11.8 Å². The molecule has 0 saturated carbocycles. The van der Waals surface area contributed by atoms with Gasteiger partial charge in [-0.25, -0.2) is 0 Å². The Hall–Kier alpha value is -3.91. The second kappa shape index (κ2) is 9.93. The number of hydrogen-bond acceptors (Lipinski definition) is 4. The molecular weight excluding hydrogens is 424 g/mol. The van der Waals surface area contributed by atoms with Gasteiger partial charge in [0.1, 0.15) is 0 Å². The second-order valence-corrected chi connectivity index (χ2v) is 8.10. The van der Waals surface area contributed by atoms with Crippen molar-refractivity contribution in [1.29, 1.82) is 0 Å². The van der Waals surface area contributed by atoms with Crippen LogP contribution in [0.3, 0.4) is 0 Å². The zero-order valence-electron chi connectivity index (χ0n) is 17.2. The van der Waals surface area contributed by atoms with Gasteiger partial charge in [-0.15, -0.1) is 11.3 Å². The Balaban J connectivity index is 1.23. The van der Waals surface area contributed by atoms with Crippen LogP contribution < -0.4 is 16.0 Å². The Morgan fingerprint density at radius 1 is 0.844 bits per heavy atom. The monoisotopic (exact) mass is 446 g/mol. The van der Waals surface area contributed by atoms with Gasteiger partial charge in [0.2, 0.25) is 5.91 Å². The molecule has 7 nitrogen and oxygen atoms in total. The first-order chi connectivity index (χ1) is 15.6. The van der Waals surface area contributed by atoms with E-state index in [-0.39, 0.29) is 24.1 Å². The largest absolute Gasteiger partial charge is 0.361 e. The van der Waals surface area contributed by atoms with Crippen molar-refractivity contribution in [3.8, 4) is 0 Å². The molecule has 0 atom stereocenters. The molecule has 0 radical (unpaired) electrons. The number of rotatable bonds is 8. The summed E-state index contributed by atoms with van der Waals surface area (Å²) in [4.78, 5) is 40.4. The number of carbonyl (C=O) groups excluding carboxylic acids is 3. The van der Waals surface area contributed by atoms with E-state index in [2.05, 4.69) is 20.9 Å². The van der Waals surface area contributed by atoms with Crippen molar-refractivity contribution in [3.05, 3.63) is 88.2 Å². The number of anilines is 1. The highest BCUT2D eigenvalue weighted by Gasteiger charge is 2.10. The minimum absolute atomic E-state index is 0.131. The quantitative estimate of drug-likeness (QED) is 0.311. The number of amides is 3. The fourth-order valence-electron chi connectivity index (χ4n) is 3.31. The predicted molar refractivity (Wildman–Crippen MR) is 126 cm³/mol. The summed E-state index contributed by atoms with van der Waals surface area (Å²) in [5, 5.41) is 11.2. The summed E-state index contributed by atoms with van der Waals surface area (Å²) in [6.07, 6.45) is 2.10. The van der Waals surface area contributed by atoms with Gasteiger partial charge in [-0.2, -0.15) is 0 Å². The van der Waals surface area contributed by atoms with Gasteiger partial charge in [-0.3, -0.25) is 14.4 Å². The molecule has 32 heavy (non-hydrogen) atoms. The number of aromatic amines is 1. The normalized spacial score (nSPS) is 10.6. The number of benzene rings is 2. The van der Waals surface area contributed by atoms with Gasteiger partial charge in [-0.05, 0) is 47.3 Å². The first kappa shape index (κ1) is 21.3. The van der Waals surface area contributed by atoms with Crippen molar-refractivity contribution in [2.75, 3.05) is 18.4 Å². The van der Waals surface area contributed by atoms with E-state index in [0.29, 0.717) is 29.2 Å². The summed E-state index contributed by atoms with van der Waals surface area (Å²) in [5.41, 5.74) is 3.02. The molecule has 0 fully saturated rings. The first-order valence-corrected chi connectivity index (χ1v) is 11.0. The van der Waals surface area contributed by atoms with Crippen molar-refractivity contribution in [2.24, 2.45) is 0 Å². The summed E-state index contributed by atoms with van der Waals surface area (Å²) in [6, 6.07) is 18.1. The maximum absolute atomic E-state index is 12.4. The lowest BCUT2D eigenvalue weighted by Crippen LogP contribution is -2.34. The maximum Gasteiger partial charge on any atom is 0.261 e. The number of carbonyl (C=O) groups is 3. The summed E-state index contributed by atoms with van der Waals surface area (Å²) in [5.74, 6) is -0.526. The molecule has 4 rings (SSSR count). The molecule has 0 saturated heterocycles. The van der Waals surface area contributed by atoms with E-state index in [4.69, 9.17) is 0 Å². The number of nitrogens with one attached hydrogen (secondary N) is 4. The molecule has 0 spiro atoms. The van der Waals surface area contributed by atoms with Gasteiger partial charge in [0.15, 0.2) is 0 Å². The summed E-state index contributed by atoms with van der Waals surface area (Å²) >= 11 is 1.37. The Kier molecular flexibility index (Phi) is 6.62. The van der Waals surface area contributed by atoms with E-state index in [1.165, 1.54) is 11.3 Å². The minimum atomic E-state index is -0.243.